The normalized spacial score (nSPS) is 10.3. The smallest absolute Gasteiger partial charge is 0.204 e. The van der Waals surface area contributed by atoms with Gasteiger partial charge in [0.05, 0.1) is 0 Å². The van der Waals surface area contributed by atoms with E-state index in [1.54, 1.807) is 12.1 Å². The molecule has 0 amide bonds. The van der Waals surface area contributed by atoms with Gasteiger partial charge < -0.3 is 18.9 Å². The highest BCUT2D eigenvalue weighted by atomic mass is 16.7. The summed E-state index contributed by atoms with van der Waals surface area (Å²) in [5.41, 5.74) is 2.45. The van der Waals surface area contributed by atoms with Crippen molar-refractivity contribution in [2.75, 3.05) is 13.9 Å². The van der Waals surface area contributed by atoms with Crippen LogP contribution in [0.2, 0.25) is 0 Å². The molecule has 0 radical (unpaired) electrons. The van der Waals surface area contributed by atoms with Crippen LogP contribution in [0.3, 0.4) is 0 Å². The fourth-order valence-corrected chi connectivity index (χ4v) is 2.61. The van der Waals surface area contributed by atoms with Crippen LogP contribution in [0.1, 0.15) is 21.5 Å². The first kappa shape index (κ1) is 19.5. The first-order valence-electron chi connectivity index (χ1n) is 8.88. The van der Waals surface area contributed by atoms with Crippen molar-refractivity contribution in [3.8, 4) is 17.2 Å². The topological polar surface area (TPSA) is 54.0 Å². The van der Waals surface area contributed by atoms with Crippen LogP contribution in [0.15, 0.2) is 72.8 Å². The summed E-state index contributed by atoms with van der Waals surface area (Å²) in [6.07, 6.45) is 0.746. The summed E-state index contributed by atoms with van der Waals surface area (Å²) in [6, 6.07) is 22.8. The summed E-state index contributed by atoms with van der Waals surface area (Å²) < 4.78 is 22.6. The molecule has 0 spiro atoms. The monoisotopic (exact) mass is 378 g/mol. The Bertz CT molecular complexity index is 878. The molecule has 0 unspecified atom stereocenters. The van der Waals surface area contributed by atoms with Gasteiger partial charge in [0.2, 0.25) is 5.75 Å². The third kappa shape index (κ3) is 5.34. The van der Waals surface area contributed by atoms with Crippen LogP contribution < -0.4 is 14.2 Å². The minimum absolute atomic E-state index is 0.0299. The van der Waals surface area contributed by atoms with Crippen LogP contribution in [0.5, 0.6) is 17.2 Å². The van der Waals surface area contributed by atoms with E-state index in [1.807, 2.05) is 60.7 Å². The molecule has 0 aromatic heterocycles. The molecule has 144 valence electrons. The van der Waals surface area contributed by atoms with Gasteiger partial charge in [0.25, 0.3) is 0 Å². The zero-order valence-corrected chi connectivity index (χ0v) is 15.7. The maximum atomic E-state index is 11.4. The largest absolute Gasteiger partial charge is 0.485 e. The van der Waals surface area contributed by atoms with Crippen LogP contribution >= 0.6 is 0 Å². The Morgan fingerprint density at radius 3 is 1.82 bits per heavy atom. The lowest BCUT2D eigenvalue weighted by Crippen LogP contribution is -2.06. The van der Waals surface area contributed by atoms with E-state index < -0.39 is 0 Å². The van der Waals surface area contributed by atoms with Gasteiger partial charge in [-0.25, -0.2) is 0 Å². The van der Waals surface area contributed by atoms with E-state index in [4.69, 9.17) is 18.9 Å². The Kier molecular flexibility index (Phi) is 7.04. The molecule has 28 heavy (non-hydrogen) atoms. The standard InChI is InChI=1S/C23H22O5/c1-25-17-28-22-13-20(14-24)12-21(26-15-18-8-4-2-5-9-18)23(22)27-16-19-10-6-3-7-11-19/h2-14H,15-17H2,1H3. The lowest BCUT2D eigenvalue weighted by molar-refractivity contribution is 0.0478. The summed E-state index contributed by atoms with van der Waals surface area (Å²) in [4.78, 5) is 11.4. The second kappa shape index (κ2) is 10.1. The van der Waals surface area contributed by atoms with Crippen LogP contribution in [0, 0.1) is 0 Å². The number of aldehydes is 1. The molecule has 0 atom stereocenters. The first-order valence-corrected chi connectivity index (χ1v) is 8.88. The van der Waals surface area contributed by atoms with Gasteiger partial charge in [0, 0.05) is 12.7 Å². The van der Waals surface area contributed by atoms with Crippen molar-refractivity contribution < 1.29 is 23.7 Å². The molecule has 3 aromatic rings. The van der Waals surface area contributed by atoms with E-state index in [0.29, 0.717) is 36.0 Å². The van der Waals surface area contributed by atoms with Crippen molar-refractivity contribution >= 4 is 6.29 Å². The van der Waals surface area contributed by atoms with Crippen molar-refractivity contribution in [1.29, 1.82) is 0 Å². The Hall–Kier alpha value is -3.31. The highest BCUT2D eigenvalue weighted by Crippen LogP contribution is 2.39. The second-order valence-electron chi connectivity index (χ2n) is 6.06. The molecule has 0 aliphatic rings. The minimum atomic E-state index is 0.0299. The Labute approximate surface area is 164 Å². The lowest BCUT2D eigenvalue weighted by Gasteiger charge is -2.17. The molecule has 5 nitrogen and oxygen atoms in total. The lowest BCUT2D eigenvalue weighted by atomic mass is 10.2. The molecule has 3 aromatic carbocycles. The van der Waals surface area contributed by atoms with Gasteiger partial charge in [-0.05, 0) is 23.3 Å². The molecule has 0 fully saturated rings. The van der Waals surface area contributed by atoms with Crippen molar-refractivity contribution in [3.63, 3.8) is 0 Å². The van der Waals surface area contributed by atoms with E-state index in [-0.39, 0.29) is 6.79 Å². The van der Waals surface area contributed by atoms with E-state index >= 15 is 0 Å². The van der Waals surface area contributed by atoms with Crippen LogP contribution in [-0.4, -0.2) is 20.2 Å². The summed E-state index contributed by atoms with van der Waals surface area (Å²) in [6.45, 7) is 0.711. The van der Waals surface area contributed by atoms with E-state index in [9.17, 15) is 4.79 Å². The van der Waals surface area contributed by atoms with Gasteiger partial charge in [0.1, 0.15) is 19.5 Å². The SMILES string of the molecule is COCOc1cc(C=O)cc(OCc2ccccc2)c1OCc1ccccc1. The summed E-state index contributed by atoms with van der Waals surface area (Å²) in [5.74, 6) is 1.27. The van der Waals surface area contributed by atoms with Crippen molar-refractivity contribution in [2.45, 2.75) is 13.2 Å². The van der Waals surface area contributed by atoms with Crippen LogP contribution in [0.25, 0.3) is 0 Å². The molecule has 0 N–H and O–H groups in total. The maximum absolute atomic E-state index is 11.4. The number of hydrogen-bond donors (Lipinski definition) is 0. The van der Waals surface area contributed by atoms with Gasteiger partial charge in [-0.1, -0.05) is 60.7 Å². The number of carbonyl (C=O) groups is 1. The van der Waals surface area contributed by atoms with Crippen LogP contribution in [-0.2, 0) is 18.0 Å². The Morgan fingerprint density at radius 1 is 0.750 bits per heavy atom. The zero-order chi connectivity index (χ0) is 19.6. The maximum Gasteiger partial charge on any atom is 0.204 e. The van der Waals surface area contributed by atoms with Crippen molar-refractivity contribution in [1.82, 2.24) is 0 Å². The quantitative estimate of drug-likeness (QED) is 0.380. The molecule has 3 rings (SSSR count). The van der Waals surface area contributed by atoms with Gasteiger partial charge in [-0.15, -0.1) is 0 Å². The minimum Gasteiger partial charge on any atom is -0.485 e. The average molecular weight is 378 g/mol. The van der Waals surface area contributed by atoms with E-state index in [2.05, 4.69) is 0 Å². The van der Waals surface area contributed by atoms with Crippen molar-refractivity contribution in [3.05, 3.63) is 89.5 Å². The van der Waals surface area contributed by atoms with Gasteiger partial charge >= 0.3 is 0 Å². The van der Waals surface area contributed by atoms with E-state index in [0.717, 1.165) is 17.4 Å². The molecule has 0 aliphatic heterocycles. The van der Waals surface area contributed by atoms with Gasteiger partial charge in [0.15, 0.2) is 18.3 Å². The molecule has 0 bridgehead atoms. The highest BCUT2D eigenvalue weighted by molar-refractivity contribution is 5.78. The fourth-order valence-electron chi connectivity index (χ4n) is 2.61. The molecule has 0 heterocycles. The molecular formula is C23H22O5. The number of rotatable bonds is 10. The third-order valence-corrected chi connectivity index (χ3v) is 3.97. The average Bonchev–Trinajstić information content (AvgIpc) is 2.76. The fraction of sp³-hybridized carbons (Fsp3) is 0.174. The zero-order valence-electron chi connectivity index (χ0n) is 15.7. The number of carbonyl (C=O) groups excluding carboxylic acids is 1. The Balaban J connectivity index is 1.88. The molecule has 0 aliphatic carbocycles. The second-order valence-corrected chi connectivity index (χ2v) is 6.06. The van der Waals surface area contributed by atoms with Gasteiger partial charge in [-0.2, -0.15) is 0 Å². The number of hydrogen-bond acceptors (Lipinski definition) is 5. The highest BCUT2D eigenvalue weighted by Gasteiger charge is 2.16. The van der Waals surface area contributed by atoms with E-state index in [1.165, 1.54) is 7.11 Å². The van der Waals surface area contributed by atoms with Gasteiger partial charge in [-0.3, -0.25) is 4.79 Å². The van der Waals surface area contributed by atoms with Crippen LogP contribution in [0.4, 0.5) is 0 Å². The molecule has 0 saturated carbocycles. The number of methoxy groups -OCH3 is 1. The number of ether oxygens (including phenoxy) is 4. The predicted octanol–water partition coefficient (Wildman–Crippen LogP) is 4.64. The third-order valence-electron chi connectivity index (χ3n) is 3.97. The summed E-state index contributed by atoms with van der Waals surface area (Å²) in [5, 5.41) is 0. The molecule has 5 heteroatoms. The predicted molar refractivity (Wildman–Crippen MR) is 106 cm³/mol. The Morgan fingerprint density at radius 2 is 1.29 bits per heavy atom. The molecule has 0 saturated heterocycles. The summed E-state index contributed by atoms with van der Waals surface area (Å²) in [7, 11) is 1.53. The first-order chi connectivity index (χ1) is 13.8. The molecular weight excluding hydrogens is 356 g/mol. The van der Waals surface area contributed by atoms with Crippen molar-refractivity contribution in [2.24, 2.45) is 0 Å². The summed E-state index contributed by atoms with van der Waals surface area (Å²) >= 11 is 0. The number of benzene rings is 3.